The van der Waals surface area contributed by atoms with Gasteiger partial charge >= 0.3 is 6.03 Å². The van der Waals surface area contributed by atoms with Crippen molar-refractivity contribution in [2.24, 2.45) is 0 Å². The summed E-state index contributed by atoms with van der Waals surface area (Å²) in [5.41, 5.74) is 6.00. The maximum atomic E-state index is 14.8. The predicted octanol–water partition coefficient (Wildman–Crippen LogP) is 5.81. The van der Waals surface area contributed by atoms with Gasteiger partial charge in [-0.1, -0.05) is 0 Å². The van der Waals surface area contributed by atoms with Crippen LogP contribution in [0.3, 0.4) is 0 Å². The zero-order valence-corrected chi connectivity index (χ0v) is 20.5. The molecule has 3 aromatic carbocycles. The van der Waals surface area contributed by atoms with Gasteiger partial charge < -0.3 is 25.5 Å². The number of hydrogen-bond acceptors (Lipinski definition) is 7. The maximum absolute atomic E-state index is 14.8. The molecule has 1 aliphatic heterocycles. The van der Waals surface area contributed by atoms with Gasteiger partial charge in [-0.15, -0.1) is 5.53 Å². The minimum absolute atomic E-state index is 0.116. The number of amides is 2. The van der Waals surface area contributed by atoms with E-state index in [9.17, 15) is 18.0 Å². The van der Waals surface area contributed by atoms with Crippen LogP contribution in [0.15, 0.2) is 73.2 Å². The lowest BCUT2D eigenvalue weighted by Crippen LogP contribution is -2.37. The number of nitrogens with one attached hydrogen (secondary N) is 4. The van der Waals surface area contributed by atoms with E-state index in [0.29, 0.717) is 41.6 Å². The van der Waals surface area contributed by atoms with Crippen molar-refractivity contribution in [3.05, 3.63) is 102 Å². The molecule has 1 aromatic heterocycles. The number of aromatic nitrogens is 1. The number of benzene rings is 3. The number of hydrazine groups is 2. The Bertz CT molecular complexity index is 1660. The molecule has 2 amide bonds. The molecule has 0 aliphatic carbocycles. The molecule has 13 heteroatoms. The zero-order valence-electron chi connectivity index (χ0n) is 20.5. The number of fused-ring (bicyclic) bond motifs is 1. The van der Waals surface area contributed by atoms with Crippen LogP contribution in [-0.4, -0.2) is 29.2 Å². The fourth-order valence-electron chi connectivity index (χ4n) is 3.75. The smallest absolute Gasteiger partial charge is 0.323 e. The van der Waals surface area contributed by atoms with Crippen LogP contribution in [0.1, 0.15) is 0 Å². The lowest BCUT2D eigenvalue weighted by Gasteiger charge is -2.16. The minimum Gasteiger partial charge on any atom is -0.503 e. The fourth-order valence-corrected chi connectivity index (χ4v) is 3.75. The molecule has 0 atom stereocenters. The van der Waals surface area contributed by atoms with Gasteiger partial charge in [0.15, 0.2) is 0 Å². The average molecular weight is 547 g/mol. The molecule has 202 valence electrons. The largest absolute Gasteiger partial charge is 0.503 e. The highest BCUT2D eigenvalue weighted by atomic mass is 19.1. The number of anilines is 2. The van der Waals surface area contributed by atoms with Crippen molar-refractivity contribution in [3.8, 4) is 17.2 Å². The van der Waals surface area contributed by atoms with E-state index < -0.39 is 23.5 Å². The fraction of sp³-hybridized carbons (Fsp3) is 0.0741. The van der Waals surface area contributed by atoms with Gasteiger partial charge in [-0.25, -0.2) is 22.8 Å². The third-order valence-electron chi connectivity index (χ3n) is 5.63. The lowest BCUT2D eigenvalue weighted by molar-refractivity contribution is 0.209. The third kappa shape index (κ3) is 5.98. The summed E-state index contributed by atoms with van der Waals surface area (Å²) >= 11 is 0. The second-order valence-corrected chi connectivity index (χ2v) is 8.32. The van der Waals surface area contributed by atoms with Crippen LogP contribution in [0.25, 0.3) is 15.7 Å². The van der Waals surface area contributed by atoms with Crippen molar-refractivity contribution in [2.75, 3.05) is 23.8 Å². The second kappa shape index (κ2) is 11.5. The summed E-state index contributed by atoms with van der Waals surface area (Å²) in [6, 6.07) is 10.3. The summed E-state index contributed by atoms with van der Waals surface area (Å²) in [7, 11) is 0. The summed E-state index contributed by atoms with van der Waals surface area (Å²) in [6.45, 7) is 8.40. The number of pyridine rings is 1. The van der Waals surface area contributed by atoms with E-state index in [-0.39, 0.29) is 22.8 Å². The molecule has 5 rings (SSSR count). The summed E-state index contributed by atoms with van der Waals surface area (Å²) in [4.78, 5) is 20.1. The van der Waals surface area contributed by atoms with Crippen LogP contribution in [0.5, 0.6) is 17.2 Å². The third-order valence-corrected chi connectivity index (χ3v) is 5.63. The molecule has 4 N–H and O–H groups in total. The molecule has 40 heavy (non-hydrogen) atoms. The van der Waals surface area contributed by atoms with E-state index in [1.54, 1.807) is 35.6 Å². The van der Waals surface area contributed by atoms with E-state index in [1.807, 2.05) is 0 Å². The van der Waals surface area contributed by atoms with Crippen LogP contribution in [0.2, 0.25) is 0 Å². The Kier molecular flexibility index (Phi) is 7.52. The lowest BCUT2D eigenvalue weighted by atomic mass is 10.1. The molecule has 0 saturated carbocycles. The van der Waals surface area contributed by atoms with E-state index in [4.69, 9.17) is 16.0 Å². The Morgan fingerprint density at radius 3 is 2.48 bits per heavy atom. The van der Waals surface area contributed by atoms with E-state index in [1.165, 1.54) is 18.3 Å². The van der Waals surface area contributed by atoms with Crippen LogP contribution in [-0.2, 0) is 0 Å². The van der Waals surface area contributed by atoms with Gasteiger partial charge in [-0.05, 0) is 42.5 Å². The number of urea groups is 1. The first-order valence-corrected chi connectivity index (χ1v) is 11.8. The number of hydrogen-bond donors (Lipinski definition) is 4. The Morgan fingerprint density at radius 1 is 1.00 bits per heavy atom. The van der Waals surface area contributed by atoms with Crippen molar-refractivity contribution in [3.63, 3.8) is 0 Å². The topological polar surface area (TPSA) is 104 Å². The zero-order chi connectivity index (χ0) is 28.1. The molecule has 0 spiro atoms. The number of halogens is 3. The molecular formula is C27H20F3N7O3. The summed E-state index contributed by atoms with van der Waals surface area (Å²) in [5.74, 6) is -1.79. The number of ether oxygens (including phenoxy) is 2. The van der Waals surface area contributed by atoms with Gasteiger partial charge in [0.1, 0.15) is 41.3 Å². The van der Waals surface area contributed by atoms with Crippen LogP contribution < -0.4 is 31.1 Å². The van der Waals surface area contributed by atoms with E-state index in [0.717, 1.165) is 18.2 Å². The van der Waals surface area contributed by atoms with Gasteiger partial charge in [-0.3, -0.25) is 9.99 Å². The normalized spacial score (nSPS) is 12.1. The quantitative estimate of drug-likeness (QED) is 0.206. The summed E-state index contributed by atoms with van der Waals surface area (Å²) < 4.78 is 53.3. The van der Waals surface area contributed by atoms with Crippen molar-refractivity contribution in [1.82, 2.24) is 21.0 Å². The molecule has 1 aliphatic rings. The molecule has 0 saturated heterocycles. The van der Waals surface area contributed by atoms with Crippen molar-refractivity contribution >= 4 is 34.0 Å². The highest BCUT2D eigenvalue weighted by Gasteiger charge is 2.15. The Labute approximate surface area is 225 Å². The second-order valence-electron chi connectivity index (χ2n) is 8.32. The van der Waals surface area contributed by atoms with Crippen LogP contribution in [0.4, 0.5) is 35.0 Å². The minimum atomic E-state index is -0.974. The van der Waals surface area contributed by atoms with Crippen molar-refractivity contribution < 1.29 is 27.4 Å². The van der Waals surface area contributed by atoms with E-state index in [2.05, 4.69) is 31.4 Å². The molecular weight excluding hydrogens is 527 g/mol. The molecule has 0 unspecified atom stereocenters. The van der Waals surface area contributed by atoms with Gasteiger partial charge in [0.05, 0.1) is 30.0 Å². The Hall–Kier alpha value is -5.48. The standard InChI is InChI=1S/C27H20F3N7O3/c1-31-24-14-18-23(15-26(24)39-11-10-37-9-8-33-36-37)32-7-6-25(18)40-17-3-5-22(20(30)13-17)35-27(38)34-21-4-2-16(28)12-19(21)29/h2-9,12-15,33,36H,10-11H2,(H2,34,35,38). The Balaban J connectivity index is 1.28. The van der Waals surface area contributed by atoms with Gasteiger partial charge in [0.2, 0.25) is 5.69 Å². The van der Waals surface area contributed by atoms with Gasteiger partial charge in [-0.2, -0.15) is 0 Å². The van der Waals surface area contributed by atoms with Gasteiger partial charge in [0, 0.05) is 36.1 Å². The Morgan fingerprint density at radius 2 is 1.77 bits per heavy atom. The monoisotopic (exact) mass is 547 g/mol. The highest BCUT2D eigenvalue weighted by Crippen LogP contribution is 2.37. The first-order chi connectivity index (χ1) is 19.4. The molecule has 10 nitrogen and oxygen atoms in total. The number of carbonyl (C=O) groups excluding carboxylic acids is 1. The number of nitrogens with zero attached hydrogens (tertiary/aromatic N) is 3. The SMILES string of the molecule is [C-]#[N+]c1cc2c(Oc3ccc(NC(=O)Nc4ccc(F)cc4F)c(F)c3)ccnc2cc1OCCN1C=CNN1. The predicted molar refractivity (Wildman–Crippen MR) is 141 cm³/mol. The van der Waals surface area contributed by atoms with Crippen LogP contribution in [0, 0.1) is 24.0 Å². The highest BCUT2D eigenvalue weighted by molar-refractivity contribution is 6.00. The molecule has 0 fully saturated rings. The maximum Gasteiger partial charge on any atom is 0.323 e. The van der Waals surface area contributed by atoms with Crippen molar-refractivity contribution in [1.29, 1.82) is 0 Å². The average Bonchev–Trinajstić information content (AvgIpc) is 3.45. The first-order valence-electron chi connectivity index (χ1n) is 11.8. The number of carbonyl (C=O) groups is 1. The van der Waals surface area contributed by atoms with Crippen molar-refractivity contribution in [2.45, 2.75) is 0 Å². The van der Waals surface area contributed by atoms with E-state index >= 15 is 0 Å². The first kappa shape index (κ1) is 26.1. The molecule has 2 heterocycles. The summed E-state index contributed by atoms with van der Waals surface area (Å²) in [5, 5.41) is 6.74. The van der Waals surface area contributed by atoms with Crippen LogP contribution >= 0.6 is 0 Å². The summed E-state index contributed by atoms with van der Waals surface area (Å²) in [6.07, 6.45) is 5.05. The molecule has 0 radical (unpaired) electrons. The molecule has 0 bridgehead atoms. The molecule has 4 aromatic rings. The van der Waals surface area contributed by atoms with Gasteiger partial charge in [0.25, 0.3) is 0 Å². The number of rotatable bonds is 8.